The summed E-state index contributed by atoms with van der Waals surface area (Å²) in [5, 5.41) is 7.36. The largest absolute Gasteiger partial charge is 0.483 e. The smallest absolute Gasteiger partial charge is 0.260 e. The molecule has 1 atom stereocenters. The van der Waals surface area contributed by atoms with Gasteiger partial charge in [-0.05, 0) is 42.9 Å². The zero-order valence-corrected chi connectivity index (χ0v) is 15.3. The SMILES string of the molecule is CCC(C)c1ccccc1OCC(=O)N(C)Cc1cc(C2CC2)n[nH]1. The predicted molar refractivity (Wildman–Crippen MR) is 97.7 cm³/mol. The molecular weight excluding hydrogens is 314 g/mol. The van der Waals surface area contributed by atoms with E-state index in [0.29, 0.717) is 18.4 Å². The van der Waals surface area contributed by atoms with Crippen LogP contribution < -0.4 is 4.74 Å². The lowest BCUT2D eigenvalue weighted by atomic mass is 9.98. The topological polar surface area (TPSA) is 58.2 Å². The van der Waals surface area contributed by atoms with E-state index in [4.69, 9.17) is 4.74 Å². The van der Waals surface area contributed by atoms with Crippen LogP contribution in [0.4, 0.5) is 0 Å². The third kappa shape index (κ3) is 4.41. The molecule has 1 aromatic heterocycles. The van der Waals surface area contributed by atoms with E-state index < -0.39 is 0 Å². The molecule has 0 spiro atoms. The average Bonchev–Trinajstić information content (AvgIpc) is 3.38. The number of amides is 1. The summed E-state index contributed by atoms with van der Waals surface area (Å²) < 4.78 is 5.82. The third-order valence-electron chi connectivity index (χ3n) is 4.89. The van der Waals surface area contributed by atoms with Gasteiger partial charge in [0, 0.05) is 13.0 Å². The summed E-state index contributed by atoms with van der Waals surface area (Å²) in [6, 6.07) is 10.0. The molecule has 1 amide bonds. The quantitative estimate of drug-likeness (QED) is 0.794. The van der Waals surface area contributed by atoms with Gasteiger partial charge in [0.2, 0.25) is 0 Å². The molecule has 3 rings (SSSR count). The van der Waals surface area contributed by atoms with Gasteiger partial charge in [0.1, 0.15) is 5.75 Å². The first-order valence-electron chi connectivity index (χ1n) is 9.08. The Balaban J connectivity index is 1.54. The normalized spacial score (nSPS) is 15.0. The fraction of sp³-hybridized carbons (Fsp3) is 0.500. The van der Waals surface area contributed by atoms with E-state index in [0.717, 1.165) is 29.1 Å². The molecular formula is C20H27N3O2. The first kappa shape index (κ1) is 17.5. The van der Waals surface area contributed by atoms with Gasteiger partial charge in [-0.1, -0.05) is 32.0 Å². The summed E-state index contributed by atoms with van der Waals surface area (Å²) in [5.41, 5.74) is 3.25. The van der Waals surface area contributed by atoms with E-state index >= 15 is 0 Å². The Morgan fingerprint density at radius 2 is 2.16 bits per heavy atom. The van der Waals surface area contributed by atoms with Crippen molar-refractivity contribution >= 4 is 5.91 Å². The molecule has 1 aromatic carbocycles. The summed E-state index contributed by atoms with van der Waals surface area (Å²) in [6.07, 6.45) is 3.49. The van der Waals surface area contributed by atoms with E-state index in [2.05, 4.69) is 36.2 Å². The Labute approximate surface area is 149 Å². The van der Waals surface area contributed by atoms with Crippen molar-refractivity contribution in [1.82, 2.24) is 15.1 Å². The second-order valence-electron chi connectivity index (χ2n) is 6.98. The first-order valence-corrected chi connectivity index (χ1v) is 9.08. The number of hydrogen-bond acceptors (Lipinski definition) is 3. The number of aromatic nitrogens is 2. The number of carbonyl (C=O) groups excluding carboxylic acids is 1. The number of aromatic amines is 1. The molecule has 2 aromatic rings. The lowest BCUT2D eigenvalue weighted by molar-refractivity contribution is -0.132. The van der Waals surface area contributed by atoms with Crippen molar-refractivity contribution in [2.75, 3.05) is 13.7 Å². The molecule has 0 saturated heterocycles. The number of hydrogen-bond donors (Lipinski definition) is 1. The van der Waals surface area contributed by atoms with Crippen molar-refractivity contribution in [1.29, 1.82) is 0 Å². The zero-order valence-electron chi connectivity index (χ0n) is 15.3. The van der Waals surface area contributed by atoms with Crippen LogP contribution in [0.5, 0.6) is 5.75 Å². The zero-order chi connectivity index (χ0) is 17.8. The Morgan fingerprint density at radius 3 is 2.88 bits per heavy atom. The average molecular weight is 341 g/mol. The number of para-hydroxylation sites is 1. The van der Waals surface area contributed by atoms with E-state index in [1.165, 1.54) is 12.8 Å². The molecule has 1 fully saturated rings. The number of rotatable bonds is 8. The van der Waals surface area contributed by atoms with Crippen molar-refractivity contribution in [2.45, 2.75) is 51.5 Å². The van der Waals surface area contributed by atoms with Gasteiger partial charge in [0.15, 0.2) is 6.61 Å². The lowest BCUT2D eigenvalue weighted by Gasteiger charge is -2.19. The van der Waals surface area contributed by atoms with Crippen molar-refractivity contribution in [3.05, 3.63) is 47.3 Å². The summed E-state index contributed by atoms with van der Waals surface area (Å²) in [4.78, 5) is 14.1. The van der Waals surface area contributed by atoms with Crippen molar-refractivity contribution in [2.24, 2.45) is 0 Å². The molecule has 25 heavy (non-hydrogen) atoms. The molecule has 0 bridgehead atoms. The Kier molecular flexibility index (Phi) is 5.41. The van der Waals surface area contributed by atoms with Gasteiger partial charge >= 0.3 is 0 Å². The number of likely N-dealkylation sites (N-methyl/N-ethyl adjacent to an activating group) is 1. The summed E-state index contributed by atoms with van der Waals surface area (Å²) in [6.45, 7) is 4.90. The van der Waals surface area contributed by atoms with Gasteiger partial charge in [-0.15, -0.1) is 0 Å². The maximum Gasteiger partial charge on any atom is 0.260 e. The van der Waals surface area contributed by atoms with E-state index in [-0.39, 0.29) is 12.5 Å². The molecule has 134 valence electrons. The van der Waals surface area contributed by atoms with Gasteiger partial charge in [-0.25, -0.2) is 0 Å². The minimum absolute atomic E-state index is 0.0403. The summed E-state index contributed by atoms with van der Waals surface area (Å²) in [7, 11) is 1.80. The van der Waals surface area contributed by atoms with Crippen LogP contribution in [0.25, 0.3) is 0 Å². The molecule has 1 aliphatic rings. The van der Waals surface area contributed by atoms with Crippen LogP contribution in [0.15, 0.2) is 30.3 Å². The molecule has 1 aliphatic carbocycles. The monoisotopic (exact) mass is 341 g/mol. The Bertz CT molecular complexity index is 721. The highest BCUT2D eigenvalue weighted by Gasteiger charge is 2.26. The molecule has 1 N–H and O–H groups in total. The molecule has 5 heteroatoms. The fourth-order valence-corrected chi connectivity index (χ4v) is 2.88. The van der Waals surface area contributed by atoms with Crippen LogP contribution in [0.3, 0.4) is 0 Å². The molecule has 1 saturated carbocycles. The predicted octanol–water partition coefficient (Wildman–Crippen LogP) is 3.84. The fourth-order valence-electron chi connectivity index (χ4n) is 2.88. The van der Waals surface area contributed by atoms with Gasteiger partial charge in [0.05, 0.1) is 17.9 Å². The highest BCUT2D eigenvalue weighted by Crippen LogP contribution is 2.39. The van der Waals surface area contributed by atoms with Gasteiger partial charge in [-0.3, -0.25) is 9.89 Å². The van der Waals surface area contributed by atoms with Crippen LogP contribution in [-0.4, -0.2) is 34.7 Å². The van der Waals surface area contributed by atoms with Crippen LogP contribution >= 0.6 is 0 Å². The standard InChI is InChI=1S/C20H27N3O2/c1-4-14(2)17-7-5-6-8-19(17)25-13-20(24)23(3)12-16-11-18(22-21-16)15-9-10-15/h5-8,11,14-15H,4,9-10,12-13H2,1-3H3,(H,21,22). The highest BCUT2D eigenvalue weighted by atomic mass is 16.5. The van der Waals surface area contributed by atoms with Crippen LogP contribution in [0.1, 0.15) is 61.9 Å². The molecule has 0 aliphatic heterocycles. The molecule has 1 unspecified atom stereocenters. The lowest BCUT2D eigenvalue weighted by Crippen LogP contribution is -2.31. The number of nitrogens with one attached hydrogen (secondary N) is 1. The number of carbonyl (C=O) groups is 1. The minimum atomic E-state index is -0.0403. The van der Waals surface area contributed by atoms with Crippen molar-refractivity contribution in [3.8, 4) is 5.75 Å². The third-order valence-corrected chi connectivity index (χ3v) is 4.89. The van der Waals surface area contributed by atoms with E-state index in [1.54, 1.807) is 11.9 Å². The van der Waals surface area contributed by atoms with Crippen molar-refractivity contribution < 1.29 is 9.53 Å². The molecule has 5 nitrogen and oxygen atoms in total. The summed E-state index contributed by atoms with van der Waals surface area (Å²) in [5.74, 6) is 1.79. The highest BCUT2D eigenvalue weighted by molar-refractivity contribution is 5.77. The Hall–Kier alpha value is -2.30. The van der Waals surface area contributed by atoms with Crippen molar-refractivity contribution in [3.63, 3.8) is 0 Å². The summed E-state index contributed by atoms with van der Waals surface area (Å²) >= 11 is 0. The maximum atomic E-state index is 12.4. The van der Waals surface area contributed by atoms with Gasteiger partial charge in [-0.2, -0.15) is 5.10 Å². The van der Waals surface area contributed by atoms with E-state index in [9.17, 15) is 4.79 Å². The number of H-pyrrole nitrogens is 1. The first-order chi connectivity index (χ1) is 12.1. The number of nitrogens with zero attached hydrogens (tertiary/aromatic N) is 2. The second-order valence-corrected chi connectivity index (χ2v) is 6.98. The second kappa shape index (κ2) is 7.72. The van der Waals surface area contributed by atoms with Gasteiger partial charge in [0.25, 0.3) is 5.91 Å². The molecule has 0 radical (unpaired) electrons. The Morgan fingerprint density at radius 1 is 1.40 bits per heavy atom. The van der Waals surface area contributed by atoms with Gasteiger partial charge < -0.3 is 9.64 Å². The van der Waals surface area contributed by atoms with Crippen LogP contribution in [-0.2, 0) is 11.3 Å². The van der Waals surface area contributed by atoms with Crippen LogP contribution in [0, 0.1) is 0 Å². The number of benzene rings is 1. The maximum absolute atomic E-state index is 12.4. The molecule has 1 heterocycles. The van der Waals surface area contributed by atoms with Crippen LogP contribution in [0.2, 0.25) is 0 Å². The number of ether oxygens (including phenoxy) is 1. The minimum Gasteiger partial charge on any atom is -0.483 e. The van der Waals surface area contributed by atoms with E-state index in [1.807, 2.05) is 18.2 Å².